The van der Waals surface area contributed by atoms with E-state index in [2.05, 4.69) is 6.07 Å². The van der Waals surface area contributed by atoms with Crippen molar-refractivity contribution in [3.63, 3.8) is 0 Å². The highest BCUT2D eigenvalue weighted by Crippen LogP contribution is 2.29. The van der Waals surface area contributed by atoms with Crippen molar-refractivity contribution in [3.8, 4) is 6.07 Å². The lowest BCUT2D eigenvalue weighted by Gasteiger charge is -2.21. The van der Waals surface area contributed by atoms with E-state index in [9.17, 15) is 4.79 Å². The van der Waals surface area contributed by atoms with Crippen molar-refractivity contribution in [1.82, 2.24) is 0 Å². The number of rotatable bonds is 1. The van der Waals surface area contributed by atoms with Gasteiger partial charge in [-0.3, -0.25) is 4.79 Å². The third-order valence-corrected chi connectivity index (χ3v) is 2.54. The summed E-state index contributed by atoms with van der Waals surface area (Å²) in [5.41, 5.74) is 0. The fourth-order valence-corrected chi connectivity index (χ4v) is 1.67. The number of halogens is 1. The van der Waals surface area contributed by atoms with E-state index < -0.39 is 0 Å². The third-order valence-electron chi connectivity index (χ3n) is 2.23. The maximum Gasteiger partial charge on any atom is 0.224 e. The van der Waals surface area contributed by atoms with E-state index in [0.717, 1.165) is 25.7 Å². The van der Waals surface area contributed by atoms with Gasteiger partial charge in [-0.2, -0.15) is 5.26 Å². The van der Waals surface area contributed by atoms with E-state index in [-0.39, 0.29) is 17.1 Å². The van der Waals surface area contributed by atoms with Gasteiger partial charge in [0.25, 0.3) is 0 Å². The van der Waals surface area contributed by atoms with Crippen molar-refractivity contribution in [2.45, 2.75) is 25.7 Å². The molecular weight excluding hydrogens is 162 g/mol. The molecule has 0 bridgehead atoms. The quantitative estimate of drug-likeness (QED) is 0.567. The molecule has 1 aliphatic carbocycles. The summed E-state index contributed by atoms with van der Waals surface area (Å²) in [7, 11) is 0. The minimum atomic E-state index is -0.235. The van der Waals surface area contributed by atoms with Gasteiger partial charge in [-0.25, -0.2) is 0 Å². The molecule has 0 atom stereocenters. The fourth-order valence-electron chi connectivity index (χ4n) is 1.45. The fraction of sp³-hybridized carbons (Fsp3) is 0.750. The molecule has 1 aliphatic rings. The second-order valence-electron chi connectivity index (χ2n) is 2.98. The molecule has 0 saturated heterocycles. The van der Waals surface area contributed by atoms with Crippen molar-refractivity contribution in [3.05, 3.63) is 0 Å². The summed E-state index contributed by atoms with van der Waals surface area (Å²) in [4.78, 5) is 10.7. The number of carbonyl (C=O) groups excluding carboxylic acids is 1. The van der Waals surface area contributed by atoms with Gasteiger partial charge in [0, 0.05) is 11.8 Å². The average molecular weight is 172 g/mol. The second-order valence-corrected chi connectivity index (χ2v) is 3.35. The smallest absolute Gasteiger partial charge is 0.224 e. The molecule has 2 nitrogen and oxygen atoms in total. The van der Waals surface area contributed by atoms with Crippen LogP contribution in [0.15, 0.2) is 0 Å². The van der Waals surface area contributed by atoms with Crippen molar-refractivity contribution in [2.75, 3.05) is 0 Å². The molecule has 60 valence electrons. The molecular formula is C8H10ClNO. The van der Waals surface area contributed by atoms with Crippen LogP contribution in [0.25, 0.3) is 0 Å². The summed E-state index contributed by atoms with van der Waals surface area (Å²) in [6.07, 6.45) is 3.25. The van der Waals surface area contributed by atoms with Crippen LogP contribution in [0.3, 0.4) is 0 Å². The highest BCUT2D eigenvalue weighted by atomic mass is 35.5. The molecule has 0 radical (unpaired) electrons. The lowest BCUT2D eigenvalue weighted by molar-refractivity contribution is -0.116. The first-order valence-electron chi connectivity index (χ1n) is 3.83. The Morgan fingerprint density at radius 3 is 2.27 bits per heavy atom. The molecule has 1 saturated carbocycles. The Kier molecular flexibility index (Phi) is 2.90. The predicted octanol–water partition coefficient (Wildman–Crippen LogP) is 2.08. The minimum absolute atomic E-state index is 0.0151. The molecule has 0 aromatic heterocycles. The van der Waals surface area contributed by atoms with E-state index in [1.807, 2.05) is 0 Å². The van der Waals surface area contributed by atoms with Crippen LogP contribution in [-0.4, -0.2) is 5.24 Å². The third kappa shape index (κ3) is 2.20. The van der Waals surface area contributed by atoms with Crippen molar-refractivity contribution >= 4 is 16.8 Å². The maximum absolute atomic E-state index is 10.7. The zero-order valence-corrected chi connectivity index (χ0v) is 6.97. The normalized spacial score (nSPS) is 30.9. The van der Waals surface area contributed by atoms with E-state index in [1.54, 1.807) is 0 Å². The molecule has 0 aliphatic heterocycles. The Labute approximate surface area is 71.1 Å². The molecule has 11 heavy (non-hydrogen) atoms. The first-order valence-corrected chi connectivity index (χ1v) is 4.21. The van der Waals surface area contributed by atoms with Crippen LogP contribution in [0.4, 0.5) is 0 Å². The Hall–Kier alpha value is -0.550. The minimum Gasteiger partial charge on any atom is -0.281 e. The standard InChI is InChI=1S/C8H10ClNO/c9-8(11)7-3-1-6(5-10)2-4-7/h6-7H,1-4H2/t6-,7+. The first kappa shape index (κ1) is 8.55. The van der Waals surface area contributed by atoms with Gasteiger partial charge in [-0.05, 0) is 37.3 Å². The van der Waals surface area contributed by atoms with Gasteiger partial charge in [-0.1, -0.05) is 0 Å². The average Bonchev–Trinajstić information content (AvgIpc) is 2.05. The summed E-state index contributed by atoms with van der Waals surface area (Å²) in [5.74, 6) is 0.170. The Bertz CT molecular complexity index is 189. The molecule has 0 N–H and O–H groups in total. The Balaban J connectivity index is 2.37. The molecule has 0 aromatic carbocycles. The van der Waals surface area contributed by atoms with Crippen LogP contribution >= 0.6 is 11.6 Å². The molecule has 1 rings (SSSR count). The van der Waals surface area contributed by atoms with Gasteiger partial charge < -0.3 is 0 Å². The molecule has 0 heterocycles. The lowest BCUT2D eigenvalue weighted by Crippen LogP contribution is -2.17. The number of nitrogens with zero attached hydrogens (tertiary/aromatic N) is 1. The lowest BCUT2D eigenvalue weighted by atomic mass is 9.83. The number of nitriles is 1. The van der Waals surface area contributed by atoms with Gasteiger partial charge in [0.15, 0.2) is 0 Å². The van der Waals surface area contributed by atoms with E-state index >= 15 is 0 Å². The van der Waals surface area contributed by atoms with Gasteiger partial charge in [0.1, 0.15) is 0 Å². The summed E-state index contributed by atoms with van der Waals surface area (Å²) >= 11 is 5.33. The number of hydrogen-bond donors (Lipinski definition) is 0. The monoisotopic (exact) mass is 171 g/mol. The van der Waals surface area contributed by atoms with Crippen LogP contribution in [-0.2, 0) is 4.79 Å². The molecule has 0 amide bonds. The maximum atomic E-state index is 10.7. The highest BCUT2D eigenvalue weighted by molar-refractivity contribution is 6.63. The summed E-state index contributed by atoms with van der Waals surface area (Å²) < 4.78 is 0. The molecule has 3 heteroatoms. The molecule has 0 spiro atoms. The molecule has 0 unspecified atom stereocenters. The summed E-state index contributed by atoms with van der Waals surface area (Å²) in [6.45, 7) is 0. The van der Waals surface area contributed by atoms with Crippen LogP contribution in [0, 0.1) is 23.2 Å². The predicted molar refractivity (Wildman–Crippen MR) is 41.9 cm³/mol. The van der Waals surface area contributed by atoms with Crippen molar-refractivity contribution < 1.29 is 4.79 Å². The van der Waals surface area contributed by atoms with Crippen molar-refractivity contribution in [1.29, 1.82) is 5.26 Å². The SMILES string of the molecule is N#C[C@H]1CC[C@@H](C(=O)Cl)CC1. The van der Waals surface area contributed by atoms with E-state index in [0.29, 0.717) is 0 Å². The van der Waals surface area contributed by atoms with E-state index in [4.69, 9.17) is 16.9 Å². The zero-order chi connectivity index (χ0) is 8.27. The van der Waals surface area contributed by atoms with Crippen LogP contribution in [0.5, 0.6) is 0 Å². The van der Waals surface area contributed by atoms with Crippen molar-refractivity contribution in [2.24, 2.45) is 11.8 Å². The first-order chi connectivity index (χ1) is 5.24. The summed E-state index contributed by atoms with van der Waals surface area (Å²) in [6, 6.07) is 2.21. The number of hydrogen-bond acceptors (Lipinski definition) is 2. The van der Waals surface area contributed by atoms with Gasteiger partial charge in [-0.15, -0.1) is 0 Å². The van der Waals surface area contributed by atoms with Crippen LogP contribution in [0.2, 0.25) is 0 Å². The van der Waals surface area contributed by atoms with Crippen LogP contribution in [0.1, 0.15) is 25.7 Å². The topological polar surface area (TPSA) is 40.9 Å². The Morgan fingerprint density at radius 1 is 1.36 bits per heavy atom. The van der Waals surface area contributed by atoms with Crippen LogP contribution < -0.4 is 0 Å². The molecule has 0 aromatic rings. The van der Waals surface area contributed by atoms with Gasteiger partial charge in [0.2, 0.25) is 5.24 Å². The number of carbonyl (C=O) groups is 1. The molecule has 1 fully saturated rings. The Morgan fingerprint density at radius 2 is 1.91 bits per heavy atom. The highest BCUT2D eigenvalue weighted by Gasteiger charge is 2.24. The second kappa shape index (κ2) is 3.73. The van der Waals surface area contributed by atoms with Gasteiger partial charge >= 0.3 is 0 Å². The summed E-state index contributed by atoms with van der Waals surface area (Å²) in [5, 5.41) is 8.31. The zero-order valence-electron chi connectivity index (χ0n) is 6.22. The van der Waals surface area contributed by atoms with Gasteiger partial charge in [0.05, 0.1) is 6.07 Å². The largest absolute Gasteiger partial charge is 0.281 e. The van der Waals surface area contributed by atoms with E-state index in [1.165, 1.54) is 0 Å².